The first-order valence-corrected chi connectivity index (χ1v) is 9.69. The first kappa shape index (κ1) is 19.4. The molecule has 0 aromatic heterocycles. The third-order valence-electron chi connectivity index (χ3n) is 3.79. The van der Waals surface area contributed by atoms with E-state index >= 15 is 0 Å². The van der Waals surface area contributed by atoms with Gasteiger partial charge in [-0.3, -0.25) is 0 Å². The Bertz CT molecular complexity index is 817. The predicted molar refractivity (Wildman–Crippen MR) is 100 cm³/mol. The van der Waals surface area contributed by atoms with Crippen LogP contribution in [-0.4, -0.2) is 40.6 Å². The van der Waals surface area contributed by atoms with Crippen molar-refractivity contribution in [2.45, 2.75) is 25.3 Å². The molecule has 0 radical (unpaired) electrons. The van der Waals surface area contributed by atoms with E-state index in [9.17, 15) is 8.42 Å². The minimum Gasteiger partial charge on any atom is -0.492 e. The summed E-state index contributed by atoms with van der Waals surface area (Å²) in [4.78, 5) is 2.36. The normalized spacial score (nSPS) is 11.7. The zero-order valence-corrected chi connectivity index (χ0v) is 16.1. The monoisotopic (exact) mass is 362 g/mol. The average molecular weight is 362 g/mol. The number of nitrogens with one attached hydrogen (secondary N) is 1. The third-order valence-corrected chi connectivity index (χ3v) is 5.35. The maximum atomic E-state index is 12.5. The molecule has 2 rings (SSSR count). The molecule has 136 valence electrons. The highest BCUT2D eigenvalue weighted by atomic mass is 32.2. The van der Waals surface area contributed by atoms with Crippen molar-refractivity contribution in [1.29, 1.82) is 0 Å². The average Bonchev–Trinajstić information content (AvgIpc) is 2.53. The summed E-state index contributed by atoms with van der Waals surface area (Å²) in [6, 6.07) is 12.8. The van der Waals surface area contributed by atoms with Gasteiger partial charge in [0.05, 0.1) is 4.90 Å². The number of likely N-dealkylation sites (N-methyl/N-ethyl adjacent to an activating group) is 1. The molecule has 1 N–H and O–H groups in total. The lowest BCUT2D eigenvalue weighted by Gasteiger charge is -2.13. The molecule has 0 heterocycles. The standard InChI is InChI=1S/C19H26N2O3S/c1-15-8-9-19(16(2)12-15)25(22,23)20-14-17-6-5-7-18(13-17)24-11-10-21(3)4/h5-9,12-13,20H,10-11,14H2,1-4H3. The second-order valence-electron chi connectivity index (χ2n) is 6.39. The number of hydrogen-bond donors (Lipinski definition) is 1. The summed E-state index contributed by atoms with van der Waals surface area (Å²) in [5.41, 5.74) is 2.64. The number of sulfonamides is 1. The highest BCUT2D eigenvalue weighted by molar-refractivity contribution is 7.89. The second-order valence-corrected chi connectivity index (χ2v) is 8.13. The van der Waals surface area contributed by atoms with E-state index in [0.29, 0.717) is 11.5 Å². The lowest BCUT2D eigenvalue weighted by Crippen LogP contribution is -2.24. The van der Waals surface area contributed by atoms with Gasteiger partial charge in [0.1, 0.15) is 12.4 Å². The van der Waals surface area contributed by atoms with Gasteiger partial charge in [-0.05, 0) is 57.3 Å². The van der Waals surface area contributed by atoms with Crippen molar-refractivity contribution < 1.29 is 13.2 Å². The van der Waals surface area contributed by atoms with E-state index in [1.165, 1.54) is 0 Å². The second kappa shape index (κ2) is 8.47. The molecular formula is C19H26N2O3S. The van der Waals surface area contributed by atoms with Crippen LogP contribution in [0.2, 0.25) is 0 Å². The van der Waals surface area contributed by atoms with Crippen LogP contribution in [0, 0.1) is 13.8 Å². The van der Waals surface area contributed by atoms with Crippen molar-refractivity contribution in [3.63, 3.8) is 0 Å². The summed E-state index contributed by atoms with van der Waals surface area (Å²) in [6.45, 7) is 5.38. The minimum atomic E-state index is -3.54. The van der Waals surface area contributed by atoms with Gasteiger partial charge < -0.3 is 9.64 Å². The van der Waals surface area contributed by atoms with Crippen LogP contribution in [0.15, 0.2) is 47.4 Å². The zero-order valence-electron chi connectivity index (χ0n) is 15.2. The third kappa shape index (κ3) is 5.85. The molecule has 2 aromatic rings. The molecule has 2 aromatic carbocycles. The SMILES string of the molecule is Cc1ccc(S(=O)(=O)NCc2cccc(OCCN(C)C)c2)c(C)c1. The van der Waals surface area contributed by atoms with Gasteiger partial charge in [0.2, 0.25) is 10.0 Å². The van der Waals surface area contributed by atoms with Crippen LogP contribution in [-0.2, 0) is 16.6 Å². The van der Waals surface area contributed by atoms with Gasteiger partial charge >= 0.3 is 0 Å². The van der Waals surface area contributed by atoms with Crippen LogP contribution in [0.1, 0.15) is 16.7 Å². The Kier molecular flexibility index (Phi) is 6.58. The predicted octanol–water partition coefficient (Wildman–Crippen LogP) is 2.72. The van der Waals surface area contributed by atoms with Crippen LogP contribution in [0.5, 0.6) is 5.75 Å². The lowest BCUT2D eigenvalue weighted by molar-refractivity contribution is 0.261. The van der Waals surface area contributed by atoms with Gasteiger partial charge in [0.15, 0.2) is 0 Å². The molecule has 5 nitrogen and oxygen atoms in total. The van der Waals surface area contributed by atoms with Crippen molar-refractivity contribution in [1.82, 2.24) is 9.62 Å². The number of nitrogens with zero attached hydrogens (tertiary/aromatic N) is 1. The maximum absolute atomic E-state index is 12.5. The van der Waals surface area contributed by atoms with Crippen molar-refractivity contribution in [3.8, 4) is 5.75 Å². The Balaban J connectivity index is 2.02. The highest BCUT2D eigenvalue weighted by Gasteiger charge is 2.16. The van der Waals surface area contributed by atoms with Gasteiger partial charge in [-0.15, -0.1) is 0 Å². The lowest BCUT2D eigenvalue weighted by atomic mass is 10.2. The molecule has 0 bridgehead atoms. The molecule has 6 heteroatoms. The molecule has 0 saturated heterocycles. The fourth-order valence-corrected chi connectivity index (χ4v) is 3.69. The summed E-state index contributed by atoms with van der Waals surface area (Å²) >= 11 is 0. The molecule has 0 fully saturated rings. The van der Waals surface area contributed by atoms with Crippen LogP contribution >= 0.6 is 0 Å². The Hall–Kier alpha value is -1.89. The van der Waals surface area contributed by atoms with Crippen LogP contribution < -0.4 is 9.46 Å². The van der Waals surface area contributed by atoms with E-state index in [2.05, 4.69) is 4.72 Å². The number of aryl methyl sites for hydroxylation is 2. The summed E-state index contributed by atoms with van der Waals surface area (Å²) in [5, 5.41) is 0. The number of benzene rings is 2. The number of hydrogen-bond acceptors (Lipinski definition) is 4. The van der Waals surface area contributed by atoms with Crippen LogP contribution in [0.4, 0.5) is 0 Å². The van der Waals surface area contributed by atoms with Crippen LogP contribution in [0.3, 0.4) is 0 Å². The molecule has 0 aliphatic carbocycles. The van der Waals surface area contributed by atoms with Gasteiger partial charge in [-0.1, -0.05) is 29.8 Å². The molecule has 0 spiro atoms. The first-order chi connectivity index (χ1) is 11.8. The van der Waals surface area contributed by atoms with Crippen molar-refractivity contribution >= 4 is 10.0 Å². The fraction of sp³-hybridized carbons (Fsp3) is 0.368. The molecule has 0 aliphatic heterocycles. The quantitative estimate of drug-likeness (QED) is 0.784. The van der Waals surface area contributed by atoms with Gasteiger partial charge in [-0.2, -0.15) is 0 Å². The Labute approximate surface area is 150 Å². The van der Waals surface area contributed by atoms with Crippen molar-refractivity contribution in [2.24, 2.45) is 0 Å². The van der Waals surface area contributed by atoms with E-state index in [0.717, 1.165) is 29.0 Å². The van der Waals surface area contributed by atoms with E-state index in [-0.39, 0.29) is 6.54 Å². The number of ether oxygens (including phenoxy) is 1. The maximum Gasteiger partial charge on any atom is 0.241 e. The van der Waals surface area contributed by atoms with E-state index in [1.54, 1.807) is 19.1 Å². The zero-order chi connectivity index (χ0) is 18.4. The molecular weight excluding hydrogens is 336 g/mol. The van der Waals surface area contributed by atoms with Gasteiger partial charge in [0.25, 0.3) is 0 Å². The Morgan fingerprint density at radius 1 is 1.08 bits per heavy atom. The topological polar surface area (TPSA) is 58.6 Å². The number of rotatable bonds is 8. The Morgan fingerprint density at radius 3 is 2.52 bits per heavy atom. The van der Waals surface area contributed by atoms with Gasteiger partial charge in [-0.25, -0.2) is 13.1 Å². The molecule has 0 unspecified atom stereocenters. The fourth-order valence-electron chi connectivity index (χ4n) is 2.45. The smallest absolute Gasteiger partial charge is 0.241 e. The van der Waals surface area contributed by atoms with Crippen LogP contribution in [0.25, 0.3) is 0 Å². The summed E-state index contributed by atoms with van der Waals surface area (Å²) in [6.07, 6.45) is 0. The Morgan fingerprint density at radius 2 is 1.84 bits per heavy atom. The molecule has 0 aliphatic rings. The highest BCUT2D eigenvalue weighted by Crippen LogP contribution is 2.18. The van der Waals surface area contributed by atoms with Gasteiger partial charge in [0, 0.05) is 13.1 Å². The molecule has 0 atom stereocenters. The van der Waals surface area contributed by atoms with E-state index in [4.69, 9.17) is 4.74 Å². The summed E-state index contributed by atoms with van der Waals surface area (Å²) < 4.78 is 33.4. The van der Waals surface area contributed by atoms with Crippen molar-refractivity contribution in [3.05, 3.63) is 59.2 Å². The largest absolute Gasteiger partial charge is 0.492 e. The summed E-state index contributed by atoms with van der Waals surface area (Å²) in [5.74, 6) is 0.741. The molecule has 0 saturated carbocycles. The van der Waals surface area contributed by atoms with E-state index in [1.807, 2.05) is 56.3 Å². The molecule has 25 heavy (non-hydrogen) atoms. The van der Waals surface area contributed by atoms with Crippen molar-refractivity contribution in [2.75, 3.05) is 27.2 Å². The first-order valence-electron chi connectivity index (χ1n) is 8.21. The van der Waals surface area contributed by atoms with E-state index < -0.39 is 10.0 Å². The summed E-state index contributed by atoms with van der Waals surface area (Å²) in [7, 11) is 0.431. The molecule has 0 amide bonds. The minimum absolute atomic E-state index is 0.223.